The Hall–Kier alpha value is -0.0200. The normalized spacial score (nSPS) is 15.6. The van der Waals surface area contributed by atoms with Crippen molar-refractivity contribution < 1.29 is 4.74 Å². The van der Waals surface area contributed by atoms with Gasteiger partial charge in [-0.05, 0) is 48.4 Å². The molecule has 1 heterocycles. The summed E-state index contributed by atoms with van der Waals surface area (Å²) in [6, 6.07) is 4.40. The third kappa shape index (κ3) is 3.51. The fourth-order valence-corrected chi connectivity index (χ4v) is 3.23. The van der Waals surface area contributed by atoms with Crippen molar-refractivity contribution in [1.82, 2.24) is 0 Å². The molecule has 18 heavy (non-hydrogen) atoms. The second-order valence-corrected chi connectivity index (χ2v) is 7.40. The van der Waals surface area contributed by atoms with E-state index in [0.717, 1.165) is 25.2 Å². The van der Waals surface area contributed by atoms with Gasteiger partial charge in [-0.2, -0.15) is 0 Å². The van der Waals surface area contributed by atoms with Crippen molar-refractivity contribution in [2.75, 3.05) is 6.61 Å². The van der Waals surface area contributed by atoms with E-state index in [1.807, 2.05) is 0 Å². The van der Waals surface area contributed by atoms with Gasteiger partial charge in [-0.3, -0.25) is 0 Å². The third-order valence-electron chi connectivity index (χ3n) is 3.47. The quantitative estimate of drug-likeness (QED) is 0.648. The fourth-order valence-electron chi connectivity index (χ4n) is 2.35. The van der Waals surface area contributed by atoms with E-state index >= 15 is 0 Å². The molecule has 0 saturated heterocycles. The van der Waals surface area contributed by atoms with Gasteiger partial charge in [-0.1, -0.05) is 45.7 Å². The van der Waals surface area contributed by atoms with Gasteiger partial charge in [0.2, 0.25) is 0 Å². The van der Waals surface area contributed by atoms with Crippen molar-refractivity contribution in [3.05, 3.63) is 27.7 Å². The van der Waals surface area contributed by atoms with E-state index in [0.29, 0.717) is 10.7 Å². The molecule has 3 heteroatoms. The van der Waals surface area contributed by atoms with Crippen LogP contribution in [0.5, 0.6) is 5.75 Å². The highest BCUT2D eigenvalue weighted by atomic mass is 79.9. The first-order chi connectivity index (χ1) is 8.58. The zero-order valence-electron chi connectivity index (χ0n) is 11.0. The molecule has 1 aromatic carbocycles. The monoisotopic (exact) mass is 374 g/mol. The average molecular weight is 376 g/mol. The molecule has 1 nitrogen and oxygen atoms in total. The highest BCUT2D eigenvalue weighted by Gasteiger charge is 2.17. The minimum atomic E-state index is 0.624. The van der Waals surface area contributed by atoms with Crippen molar-refractivity contribution >= 4 is 31.9 Å². The summed E-state index contributed by atoms with van der Waals surface area (Å²) in [5.41, 5.74) is 2.72. The number of fused-ring (bicyclic) bond motifs is 1. The van der Waals surface area contributed by atoms with E-state index in [-0.39, 0.29) is 0 Å². The molecule has 0 aromatic heterocycles. The lowest BCUT2D eigenvalue weighted by Crippen LogP contribution is -2.07. The van der Waals surface area contributed by atoms with Gasteiger partial charge < -0.3 is 4.74 Å². The Kier molecular flexibility index (Phi) is 5.14. The second kappa shape index (κ2) is 6.42. The summed E-state index contributed by atoms with van der Waals surface area (Å²) in [5.74, 6) is 1.85. The highest BCUT2D eigenvalue weighted by molar-refractivity contribution is 9.10. The number of ether oxygens (including phenoxy) is 1. The maximum absolute atomic E-state index is 5.76. The molecule has 0 aliphatic carbocycles. The first kappa shape index (κ1) is 14.4. The number of rotatable bonds is 5. The largest absolute Gasteiger partial charge is 0.493 e. The number of hydrogen-bond donors (Lipinski definition) is 0. The first-order valence-electron chi connectivity index (χ1n) is 6.66. The molecule has 1 aliphatic rings. The molecule has 1 unspecified atom stereocenters. The minimum absolute atomic E-state index is 0.624. The standard InChI is InChI=1S/C15H20Br2O/c1-10(2)14(17)5-3-4-11-8-13(16)9-12-6-7-18-15(11)12/h8-10,14H,3-7H2,1-2H3. The topological polar surface area (TPSA) is 9.23 Å². The van der Waals surface area contributed by atoms with Gasteiger partial charge in [-0.25, -0.2) is 0 Å². The summed E-state index contributed by atoms with van der Waals surface area (Å²) < 4.78 is 6.94. The van der Waals surface area contributed by atoms with Crippen LogP contribution in [0.3, 0.4) is 0 Å². The number of halogens is 2. The lowest BCUT2D eigenvalue weighted by Gasteiger charge is -2.14. The van der Waals surface area contributed by atoms with Crippen LogP contribution in [0.1, 0.15) is 37.8 Å². The lowest BCUT2D eigenvalue weighted by molar-refractivity contribution is 0.353. The molecule has 0 radical (unpaired) electrons. The Morgan fingerprint density at radius 1 is 1.33 bits per heavy atom. The molecule has 2 rings (SSSR count). The second-order valence-electron chi connectivity index (χ2n) is 5.30. The molecule has 1 atom stereocenters. The lowest BCUT2D eigenvalue weighted by atomic mass is 10.00. The number of hydrogen-bond acceptors (Lipinski definition) is 1. The Labute approximate surface area is 127 Å². The van der Waals surface area contributed by atoms with Crippen LogP contribution in [0.4, 0.5) is 0 Å². The molecule has 100 valence electrons. The molecular formula is C15H20Br2O. The SMILES string of the molecule is CC(C)C(Br)CCCc1cc(Br)cc2c1OCC2. The molecule has 0 saturated carbocycles. The smallest absolute Gasteiger partial charge is 0.125 e. The summed E-state index contributed by atoms with van der Waals surface area (Å²) in [6.07, 6.45) is 4.59. The molecular weight excluding hydrogens is 356 g/mol. The van der Waals surface area contributed by atoms with Gasteiger partial charge in [0.25, 0.3) is 0 Å². The highest BCUT2D eigenvalue weighted by Crippen LogP contribution is 2.34. The van der Waals surface area contributed by atoms with Gasteiger partial charge in [-0.15, -0.1) is 0 Å². The minimum Gasteiger partial charge on any atom is -0.493 e. The van der Waals surface area contributed by atoms with Crippen LogP contribution in [-0.2, 0) is 12.8 Å². The van der Waals surface area contributed by atoms with Crippen LogP contribution in [0.25, 0.3) is 0 Å². The molecule has 0 fully saturated rings. The van der Waals surface area contributed by atoms with Crippen molar-refractivity contribution in [1.29, 1.82) is 0 Å². The number of benzene rings is 1. The van der Waals surface area contributed by atoms with Gasteiger partial charge in [0.05, 0.1) is 6.61 Å². The van der Waals surface area contributed by atoms with Crippen LogP contribution in [0.2, 0.25) is 0 Å². The third-order valence-corrected chi connectivity index (χ3v) is 5.45. The van der Waals surface area contributed by atoms with Crippen LogP contribution in [0, 0.1) is 5.92 Å². The van der Waals surface area contributed by atoms with Crippen LogP contribution in [0.15, 0.2) is 16.6 Å². The van der Waals surface area contributed by atoms with E-state index in [4.69, 9.17) is 4.74 Å². The van der Waals surface area contributed by atoms with Gasteiger partial charge in [0.1, 0.15) is 5.75 Å². The zero-order chi connectivity index (χ0) is 13.1. The molecule has 0 amide bonds. The van der Waals surface area contributed by atoms with Crippen molar-refractivity contribution in [3.63, 3.8) is 0 Å². The Bertz CT molecular complexity index is 415. The summed E-state index contributed by atoms with van der Waals surface area (Å²) in [5, 5.41) is 0. The van der Waals surface area contributed by atoms with E-state index in [1.54, 1.807) is 0 Å². The Morgan fingerprint density at radius 2 is 2.11 bits per heavy atom. The molecule has 0 spiro atoms. The van der Waals surface area contributed by atoms with E-state index in [9.17, 15) is 0 Å². The van der Waals surface area contributed by atoms with Crippen molar-refractivity contribution in [2.45, 2.75) is 44.4 Å². The first-order valence-corrected chi connectivity index (χ1v) is 8.37. The summed E-state index contributed by atoms with van der Waals surface area (Å²) in [6.45, 7) is 5.37. The van der Waals surface area contributed by atoms with Crippen LogP contribution < -0.4 is 4.74 Å². The summed E-state index contributed by atoms with van der Waals surface area (Å²) in [7, 11) is 0. The Morgan fingerprint density at radius 3 is 2.83 bits per heavy atom. The molecule has 0 bridgehead atoms. The predicted octanol–water partition coefficient (Wildman–Crippen LogP) is 5.13. The number of alkyl halides is 1. The zero-order valence-corrected chi connectivity index (χ0v) is 14.2. The molecule has 1 aliphatic heterocycles. The Balaban J connectivity index is 1.98. The maximum Gasteiger partial charge on any atom is 0.125 e. The fraction of sp³-hybridized carbons (Fsp3) is 0.600. The van der Waals surface area contributed by atoms with E-state index < -0.39 is 0 Å². The number of aryl methyl sites for hydroxylation is 1. The van der Waals surface area contributed by atoms with E-state index in [2.05, 4.69) is 57.8 Å². The van der Waals surface area contributed by atoms with Crippen molar-refractivity contribution in [2.24, 2.45) is 5.92 Å². The van der Waals surface area contributed by atoms with Crippen molar-refractivity contribution in [3.8, 4) is 5.75 Å². The average Bonchev–Trinajstić information content (AvgIpc) is 2.76. The van der Waals surface area contributed by atoms with Gasteiger partial charge in [0.15, 0.2) is 0 Å². The van der Waals surface area contributed by atoms with Gasteiger partial charge >= 0.3 is 0 Å². The molecule has 1 aromatic rings. The van der Waals surface area contributed by atoms with E-state index in [1.165, 1.54) is 28.4 Å². The van der Waals surface area contributed by atoms with Gasteiger partial charge in [0, 0.05) is 15.7 Å². The molecule has 0 N–H and O–H groups in total. The van der Waals surface area contributed by atoms with Crippen LogP contribution >= 0.6 is 31.9 Å². The predicted molar refractivity (Wildman–Crippen MR) is 83.8 cm³/mol. The maximum atomic E-state index is 5.76. The summed E-state index contributed by atoms with van der Waals surface area (Å²) >= 11 is 7.35. The van der Waals surface area contributed by atoms with Crippen LogP contribution in [-0.4, -0.2) is 11.4 Å². The summed E-state index contributed by atoms with van der Waals surface area (Å²) in [4.78, 5) is 0.624.